The standard InChI is InChI=1S/C19H21F3N6O2/c1-26(17-9-16(19(20,21)22)25-18-23-11-24-28(17)18)12-4-5-27(10-12)13-6-14(29-2)8-15(7-13)30-3/h6-9,11-12H,4-5,10H2,1-3H3. The van der Waals surface area contributed by atoms with E-state index in [1.807, 2.05) is 12.1 Å². The minimum atomic E-state index is -4.57. The van der Waals surface area contributed by atoms with Crippen molar-refractivity contribution in [3.8, 4) is 11.5 Å². The van der Waals surface area contributed by atoms with Crippen molar-refractivity contribution in [2.75, 3.05) is 44.2 Å². The highest BCUT2D eigenvalue weighted by molar-refractivity contribution is 5.57. The second-order valence-electron chi connectivity index (χ2n) is 7.04. The van der Waals surface area contributed by atoms with Crippen molar-refractivity contribution < 1.29 is 22.6 Å². The number of hydrogen-bond donors (Lipinski definition) is 0. The van der Waals surface area contributed by atoms with Crippen LogP contribution in [0.1, 0.15) is 12.1 Å². The van der Waals surface area contributed by atoms with Crippen molar-refractivity contribution in [3.05, 3.63) is 36.3 Å². The molecule has 0 N–H and O–H groups in total. The third-order valence-corrected chi connectivity index (χ3v) is 5.30. The van der Waals surface area contributed by atoms with Crippen LogP contribution in [0.3, 0.4) is 0 Å². The zero-order chi connectivity index (χ0) is 21.5. The van der Waals surface area contributed by atoms with Crippen LogP contribution in [0, 0.1) is 0 Å². The second kappa shape index (κ2) is 7.54. The van der Waals surface area contributed by atoms with E-state index in [0.717, 1.165) is 24.7 Å². The van der Waals surface area contributed by atoms with E-state index in [4.69, 9.17) is 9.47 Å². The van der Waals surface area contributed by atoms with Crippen molar-refractivity contribution in [1.29, 1.82) is 0 Å². The fourth-order valence-electron chi connectivity index (χ4n) is 3.65. The number of alkyl halides is 3. The van der Waals surface area contributed by atoms with Gasteiger partial charge in [0.1, 0.15) is 23.6 Å². The highest BCUT2D eigenvalue weighted by Gasteiger charge is 2.35. The van der Waals surface area contributed by atoms with E-state index in [9.17, 15) is 13.2 Å². The molecular formula is C19H21F3N6O2. The van der Waals surface area contributed by atoms with Crippen LogP contribution in [-0.4, -0.2) is 60.0 Å². The molecule has 0 amide bonds. The van der Waals surface area contributed by atoms with Gasteiger partial charge in [0.15, 0.2) is 5.69 Å². The number of fused-ring (bicyclic) bond motifs is 1. The highest BCUT2D eigenvalue weighted by Crippen LogP contribution is 2.34. The normalized spacial score (nSPS) is 16.9. The van der Waals surface area contributed by atoms with Crippen LogP contribution in [-0.2, 0) is 6.18 Å². The van der Waals surface area contributed by atoms with Gasteiger partial charge in [0, 0.05) is 56.1 Å². The second-order valence-corrected chi connectivity index (χ2v) is 7.04. The molecule has 3 aromatic rings. The smallest absolute Gasteiger partial charge is 0.433 e. The van der Waals surface area contributed by atoms with Gasteiger partial charge in [-0.25, -0.2) is 4.98 Å². The Bertz CT molecular complexity index is 1030. The molecule has 0 spiro atoms. The summed E-state index contributed by atoms with van der Waals surface area (Å²) in [6.07, 6.45) is -2.61. The summed E-state index contributed by atoms with van der Waals surface area (Å²) in [6.45, 7) is 1.36. The van der Waals surface area contributed by atoms with Gasteiger partial charge in [0.2, 0.25) is 0 Å². The number of hydrogen-bond acceptors (Lipinski definition) is 7. The lowest BCUT2D eigenvalue weighted by molar-refractivity contribution is -0.141. The molecule has 1 unspecified atom stereocenters. The molecule has 1 aliphatic rings. The number of rotatable bonds is 5. The summed E-state index contributed by atoms with van der Waals surface area (Å²) in [6, 6.07) is 6.60. The van der Waals surface area contributed by atoms with E-state index >= 15 is 0 Å². The van der Waals surface area contributed by atoms with Gasteiger partial charge in [-0.1, -0.05) is 0 Å². The minimum absolute atomic E-state index is 0.0296. The first-order valence-corrected chi connectivity index (χ1v) is 9.29. The van der Waals surface area contributed by atoms with Gasteiger partial charge in [0.25, 0.3) is 5.78 Å². The Labute approximate surface area is 170 Å². The van der Waals surface area contributed by atoms with Crippen molar-refractivity contribution in [2.24, 2.45) is 0 Å². The van der Waals surface area contributed by atoms with E-state index in [1.165, 1.54) is 10.8 Å². The molecule has 160 valence electrons. The monoisotopic (exact) mass is 422 g/mol. The van der Waals surface area contributed by atoms with E-state index in [2.05, 4.69) is 20.0 Å². The lowest BCUT2D eigenvalue weighted by atomic mass is 10.2. The number of anilines is 2. The Morgan fingerprint density at radius 1 is 1.10 bits per heavy atom. The van der Waals surface area contributed by atoms with Crippen LogP contribution < -0.4 is 19.3 Å². The molecule has 30 heavy (non-hydrogen) atoms. The summed E-state index contributed by atoms with van der Waals surface area (Å²) in [4.78, 5) is 11.4. The van der Waals surface area contributed by atoms with E-state index in [-0.39, 0.29) is 11.8 Å². The summed E-state index contributed by atoms with van der Waals surface area (Å²) in [5.41, 5.74) is -0.0593. The fraction of sp³-hybridized carbons (Fsp3) is 0.421. The molecule has 2 aromatic heterocycles. The zero-order valence-corrected chi connectivity index (χ0v) is 16.7. The van der Waals surface area contributed by atoms with Crippen LogP contribution >= 0.6 is 0 Å². The van der Waals surface area contributed by atoms with Crippen molar-refractivity contribution in [3.63, 3.8) is 0 Å². The fourth-order valence-corrected chi connectivity index (χ4v) is 3.65. The van der Waals surface area contributed by atoms with Gasteiger partial charge in [-0.05, 0) is 6.42 Å². The van der Waals surface area contributed by atoms with Crippen LogP contribution in [0.4, 0.5) is 24.7 Å². The molecule has 0 bridgehead atoms. The van der Waals surface area contributed by atoms with Gasteiger partial charge in [0.05, 0.1) is 14.2 Å². The third kappa shape index (κ3) is 3.66. The molecule has 1 aliphatic heterocycles. The lowest BCUT2D eigenvalue weighted by Gasteiger charge is -2.28. The zero-order valence-electron chi connectivity index (χ0n) is 16.7. The van der Waals surface area contributed by atoms with Crippen LogP contribution in [0.5, 0.6) is 11.5 Å². The largest absolute Gasteiger partial charge is 0.497 e. The maximum absolute atomic E-state index is 13.3. The van der Waals surface area contributed by atoms with E-state index in [0.29, 0.717) is 23.9 Å². The molecule has 1 saturated heterocycles. The molecule has 1 atom stereocenters. The van der Waals surface area contributed by atoms with Gasteiger partial charge < -0.3 is 19.3 Å². The summed E-state index contributed by atoms with van der Waals surface area (Å²) >= 11 is 0. The Morgan fingerprint density at radius 2 is 1.80 bits per heavy atom. The first-order chi connectivity index (χ1) is 14.3. The predicted octanol–water partition coefficient (Wildman–Crippen LogP) is 2.88. The number of ether oxygens (including phenoxy) is 2. The van der Waals surface area contributed by atoms with Gasteiger partial charge in [-0.2, -0.15) is 27.8 Å². The summed E-state index contributed by atoms with van der Waals surface area (Å²) in [7, 11) is 4.94. The number of nitrogens with zero attached hydrogens (tertiary/aromatic N) is 6. The predicted molar refractivity (Wildman–Crippen MR) is 104 cm³/mol. The molecular weight excluding hydrogens is 401 g/mol. The van der Waals surface area contributed by atoms with Crippen molar-refractivity contribution >= 4 is 17.3 Å². The number of aromatic nitrogens is 4. The lowest BCUT2D eigenvalue weighted by Crippen LogP contribution is -2.36. The molecule has 8 nitrogen and oxygen atoms in total. The minimum Gasteiger partial charge on any atom is -0.497 e. The van der Waals surface area contributed by atoms with Gasteiger partial charge in [-0.3, -0.25) is 0 Å². The van der Waals surface area contributed by atoms with E-state index < -0.39 is 11.9 Å². The number of benzene rings is 1. The Kier molecular flexibility index (Phi) is 5.04. The number of halogens is 3. The molecule has 1 fully saturated rings. The average molecular weight is 422 g/mol. The molecule has 0 aliphatic carbocycles. The Balaban J connectivity index is 1.62. The molecule has 0 saturated carbocycles. The van der Waals surface area contributed by atoms with Crippen molar-refractivity contribution in [1.82, 2.24) is 19.6 Å². The maximum atomic E-state index is 13.3. The third-order valence-electron chi connectivity index (χ3n) is 5.30. The van der Waals surface area contributed by atoms with E-state index in [1.54, 1.807) is 32.2 Å². The average Bonchev–Trinajstić information content (AvgIpc) is 3.41. The topological polar surface area (TPSA) is 68.0 Å². The van der Waals surface area contributed by atoms with Crippen LogP contribution in [0.2, 0.25) is 0 Å². The molecule has 1 aromatic carbocycles. The summed E-state index contributed by atoms with van der Waals surface area (Å²) < 4.78 is 51.9. The molecule has 11 heteroatoms. The first-order valence-electron chi connectivity index (χ1n) is 9.29. The molecule has 3 heterocycles. The number of methoxy groups -OCH3 is 2. The van der Waals surface area contributed by atoms with Crippen LogP contribution in [0.15, 0.2) is 30.6 Å². The Hall–Kier alpha value is -3.24. The SMILES string of the molecule is COc1cc(OC)cc(N2CCC(N(C)c3cc(C(F)(F)F)nc4ncnn34)C2)c1. The van der Waals surface area contributed by atoms with Crippen molar-refractivity contribution in [2.45, 2.75) is 18.6 Å². The van der Waals surface area contributed by atoms with Gasteiger partial charge in [-0.15, -0.1) is 0 Å². The Morgan fingerprint density at radius 3 is 2.43 bits per heavy atom. The maximum Gasteiger partial charge on any atom is 0.433 e. The summed E-state index contributed by atoms with van der Waals surface area (Å²) in [5, 5.41) is 4.04. The van der Waals surface area contributed by atoms with Crippen LogP contribution in [0.25, 0.3) is 5.78 Å². The molecule has 0 radical (unpaired) electrons. The highest BCUT2D eigenvalue weighted by atomic mass is 19.4. The van der Waals surface area contributed by atoms with Gasteiger partial charge >= 0.3 is 6.18 Å². The first kappa shape index (κ1) is 20.0. The quantitative estimate of drug-likeness (QED) is 0.626. The molecule has 4 rings (SSSR count). The number of likely N-dealkylation sites (N-methyl/N-ethyl adjacent to an activating group) is 1. The summed E-state index contributed by atoms with van der Waals surface area (Å²) in [5.74, 6) is 1.56.